The van der Waals surface area contributed by atoms with Crippen LogP contribution in [0.25, 0.3) is 10.1 Å². The van der Waals surface area contributed by atoms with E-state index in [1.807, 2.05) is 17.5 Å². The Morgan fingerprint density at radius 2 is 1.93 bits per heavy atom. The normalized spacial score (nSPS) is 12.9. The van der Waals surface area contributed by atoms with Gasteiger partial charge in [0.15, 0.2) is 9.84 Å². The first-order chi connectivity index (χ1) is 12.8. The molecule has 0 aliphatic heterocycles. The Balaban J connectivity index is 1.88. The van der Waals surface area contributed by atoms with Gasteiger partial charge in [0, 0.05) is 16.3 Å². The zero-order valence-corrected chi connectivity index (χ0v) is 15.5. The number of rotatable bonds is 7. The minimum atomic E-state index is -3.83. The maximum Gasteiger partial charge on any atom is 0.233 e. The summed E-state index contributed by atoms with van der Waals surface area (Å²) in [6.07, 6.45) is -0.0135. The average Bonchev–Trinajstić information content (AvgIpc) is 3.07. The monoisotopic (exact) mass is 411 g/mol. The summed E-state index contributed by atoms with van der Waals surface area (Å²) in [5.41, 5.74) is 0.248. The number of carbonyl (C=O) groups excluding carboxylic acids is 1. The van der Waals surface area contributed by atoms with Gasteiger partial charge in [-0.25, -0.2) is 22.3 Å². The highest BCUT2D eigenvalue weighted by Crippen LogP contribution is 2.27. The Bertz CT molecular complexity index is 1080. The molecule has 1 N–H and O–H groups in total. The maximum absolute atomic E-state index is 14.1. The van der Waals surface area contributed by atoms with E-state index in [4.69, 9.17) is 0 Å². The van der Waals surface area contributed by atoms with E-state index in [2.05, 4.69) is 0 Å². The standard InChI is InChI=1S/C18H15F2NO4S2/c19-14-2-3-15(16(20)8-14)17(21(23)11-22)10-27(24,25)9-12-1-4-18-13(7-12)5-6-26-18/h1-8,11,17,23H,9-10H2/t17-/m1/s1. The van der Waals surface area contributed by atoms with Crippen LogP contribution in [0.3, 0.4) is 0 Å². The Morgan fingerprint density at radius 3 is 2.63 bits per heavy atom. The van der Waals surface area contributed by atoms with Gasteiger partial charge in [-0.05, 0) is 40.6 Å². The highest BCUT2D eigenvalue weighted by Gasteiger charge is 2.28. The van der Waals surface area contributed by atoms with Crippen molar-refractivity contribution < 1.29 is 27.2 Å². The Hall–Kier alpha value is -2.36. The molecule has 1 aromatic heterocycles. The van der Waals surface area contributed by atoms with Crippen molar-refractivity contribution in [3.63, 3.8) is 0 Å². The third kappa shape index (κ3) is 4.49. The van der Waals surface area contributed by atoms with Crippen molar-refractivity contribution in [2.75, 3.05) is 5.75 Å². The van der Waals surface area contributed by atoms with Gasteiger partial charge in [-0.3, -0.25) is 10.0 Å². The topological polar surface area (TPSA) is 74.7 Å². The number of nitrogens with zero attached hydrogens (tertiary/aromatic N) is 1. The van der Waals surface area contributed by atoms with E-state index in [0.717, 1.165) is 22.2 Å². The number of hydroxylamine groups is 2. The van der Waals surface area contributed by atoms with Crippen molar-refractivity contribution >= 4 is 37.7 Å². The van der Waals surface area contributed by atoms with E-state index in [1.54, 1.807) is 12.1 Å². The molecule has 9 heteroatoms. The summed E-state index contributed by atoms with van der Waals surface area (Å²) in [5, 5.41) is 12.6. The zero-order valence-electron chi connectivity index (χ0n) is 13.9. The Labute approximate surface area is 158 Å². The molecule has 0 aliphatic rings. The van der Waals surface area contributed by atoms with Crippen LogP contribution in [0.4, 0.5) is 8.78 Å². The molecule has 0 aliphatic carbocycles. The largest absolute Gasteiger partial charge is 0.285 e. The van der Waals surface area contributed by atoms with Gasteiger partial charge in [0.2, 0.25) is 6.41 Å². The Morgan fingerprint density at radius 1 is 1.15 bits per heavy atom. The molecular weight excluding hydrogens is 396 g/mol. The number of sulfone groups is 1. The van der Waals surface area contributed by atoms with Crippen molar-refractivity contribution in [3.05, 3.63) is 70.6 Å². The van der Waals surface area contributed by atoms with E-state index >= 15 is 0 Å². The van der Waals surface area contributed by atoms with E-state index in [-0.39, 0.29) is 22.8 Å². The summed E-state index contributed by atoms with van der Waals surface area (Å²) < 4.78 is 53.4. The number of hydrogen-bond donors (Lipinski definition) is 1. The minimum absolute atomic E-state index is 0.0135. The molecule has 0 saturated heterocycles. The van der Waals surface area contributed by atoms with E-state index in [0.29, 0.717) is 11.6 Å². The number of thiophene rings is 1. The van der Waals surface area contributed by atoms with Crippen LogP contribution in [0.2, 0.25) is 0 Å². The van der Waals surface area contributed by atoms with E-state index in [1.165, 1.54) is 11.3 Å². The molecule has 1 heterocycles. The van der Waals surface area contributed by atoms with Crippen molar-refractivity contribution in [3.8, 4) is 0 Å². The third-order valence-corrected chi connectivity index (χ3v) is 6.56. The lowest BCUT2D eigenvalue weighted by atomic mass is 10.1. The number of benzene rings is 2. The fraction of sp³-hybridized carbons (Fsp3) is 0.167. The first-order valence-corrected chi connectivity index (χ1v) is 10.5. The molecule has 0 spiro atoms. The third-order valence-electron chi connectivity index (χ3n) is 4.06. The van der Waals surface area contributed by atoms with Crippen LogP contribution in [0.1, 0.15) is 17.2 Å². The highest BCUT2D eigenvalue weighted by atomic mass is 32.2. The van der Waals surface area contributed by atoms with Crippen LogP contribution in [0.15, 0.2) is 47.8 Å². The molecule has 5 nitrogen and oxygen atoms in total. The van der Waals surface area contributed by atoms with Gasteiger partial charge in [-0.1, -0.05) is 12.1 Å². The predicted octanol–water partition coefficient (Wildman–Crippen LogP) is 3.68. The van der Waals surface area contributed by atoms with Crippen molar-refractivity contribution in [1.82, 2.24) is 5.06 Å². The maximum atomic E-state index is 14.1. The first kappa shape index (κ1) is 19.4. The summed E-state index contributed by atoms with van der Waals surface area (Å²) >= 11 is 1.53. The fourth-order valence-corrected chi connectivity index (χ4v) is 5.20. The molecular formula is C18H15F2NO4S2. The summed E-state index contributed by atoms with van der Waals surface area (Å²) in [4.78, 5) is 10.9. The van der Waals surface area contributed by atoms with Crippen molar-refractivity contribution in [2.24, 2.45) is 0 Å². The van der Waals surface area contributed by atoms with Crippen LogP contribution in [-0.2, 0) is 20.4 Å². The second-order valence-electron chi connectivity index (χ2n) is 6.01. The van der Waals surface area contributed by atoms with E-state index < -0.39 is 33.3 Å². The average molecular weight is 411 g/mol. The number of amides is 1. The summed E-state index contributed by atoms with van der Waals surface area (Å²) in [6.45, 7) is 0. The van der Waals surface area contributed by atoms with Crippen LogP contribution in [0.5, 0.6) is 0 Å². The molecule has 1 amide bonds. The summed E-state index contributed by atoms with van der Waals surface area (Å²) in [5.74, 6) is -2.95. The van der Waals surface area contributed by atoms with Gasteiger partial charge in [0.25, 0.3) is 0 Å². The fourth-order valence-electron chi connectivity index (χ4n) is 2.81. The van der Waals surface area contributed by atoms with Gasteiger partial charge in [0.05, 0.1) is 11.5 Å². The van der Waals surface area contributed by atoms with Gasteiger partial charge in [-0.2, -0.15) is 0 Å². The quantitative estimate of drug-likeness (QED) is 0.366. The van der Waals surface area contributed by atoms with Gasteiger partial charge < -0.3 is 0 Å². The van der Waals surface area contributed by atoms with Crippen LogP contribution in [-0.4, -0.2) is 30.9 Å². The van der Waals surface area contributed by atoms with Crippen LogP contribution >= 0.6 is 11.3 Å². The molecule has 27 heavy (non-hydrogen) atoms. The van der Waals surface area contributed by atoms with Gasteiger partial charge >= 0.3 is 0 Å². The Kier molecular flexibility index (Phi) is 5.54. The van der Waals surface area contributed by atoms with Crippen LogP contribution in [0, 0.1) is 11.6 Å². The lowest BCUT2D eigenvalue weighted by molar-refractivity contribution is -0.159. The molecule has 0 radical (unpaired) electrons. The predicted molar refractivity (Wildman–Crippen MR) is 98.1 cm³/mol. The molecule has 1 atom stereocenters. The molecule has 0 bridgehead atoms. The molecule has 3 aromatic rings. The molecule has 142 valence electrons. The smallest absolute Gasteiger partial charge is 0.233 e. The SMILES string of the molecule is O=CN(O)[C@H](CS(=O)(=O)Cc1ccc2sccc2c1)c1ccc(F)cc1F. The van der Waals surface area contributed by atoms with Gasteiger partial charge in [-0.15, -0.1) is 11.3 Å². The number of hydrogen-bond acceptors (Lipinski definition) is 5. The first-order valence-electron chi connectivity index (χ1n) is 7.83. The number of halogens is 2. The van der Waals surface area contributed by atoms with Crippen molar-refractivity contribution in [2.45, 2.75) is 11.8 Å². The number of fused-ring (bicyclic) bond motifs is 1. The molecule has 3 rings (SSSR count). The van der Waals surface area contributed by atoms with Crippen LogP contribution < -0.4 is 0 Å². The highest BCUT2D eigenvalue weighted by molar-refractivity contribution is 7.90. The molecule has 0 saturated carbocycles. The van der Waals surface area contributed by atoms with Gasteiger partial charge in [0.1, 0.15) is 17.7 Å². The lowest BCUT2D eigenvalue weighted by Crippen LogP contribution is -2.31. The zero-order chi connectivity index (χ0) is 19.6. The molecule has 0 unspecified atom stereocenters. The van der Waals surface area contributed by atoms with Crippen molar-refractivity contribution in [1.29, 1.82) is 0 Å². The minimum Gasteiger partial charge on any atom is -0.285 e. The second kappa shape index (κ2) is 7.71. The summed E-state index contributed by atoms with van der Waals surface area (Å²) in [7, 11) is -3.83. The lowest BCUT2D eigenvalue weighted by Gasteiger charge is -2.23. The molecule has 2 aromatic carbocycles. The number of carbonyl (C=O) groups is 1. The summed E-state index contributed by atoms with van der Waals surface area (Å²) in [6, 6.07) is 8.13. The molecule has 0 fully saturated rings. The van der Waals surface area contributed by atoms with E-state index in [9.17, 15) is 27.2 Å². The second-order valence-corrected chi connectivity index (χ2v) is 9.07.